The maximum atomic E-state index is 12.7. The van der Waals surface area contributed by atoms with Gasteiger partial charge in [-0.2, -0.15) is 18.3 Å². The molecule has 0 radical (unpaired) electrons. The van der Waals surface area contributed by atoms with E-state index in [1.807, 2.05) is 13.8 Å². The van der Waals surface area contributed by atoms with Crippen molar-refractivity contribution in [3.8, 4) is 11.5 Å². The zero-order chi connectivity index (χ0) is 20.0. The van der Waals surface area contributed by atoms with Gasteiger partial charge in [-0.25, -0.2) is 5.43 Å². The van der Waals surface area contributed by atoms with Gasteiger partial charge in [0.15, 0.2) is 11.5 Å². The van der Waals surface area contributed by atoms with Crippen LogP contribution < -0.4 is 14.9 Å². The first-order valence-corrected chi connectivity index (χ1v) is 8.06. The third kappa shape index (κ3) is 5.47. The Kier molecular flexibility index (Phi) is 6.44. The first kappa shape index (κ1) is 20.3. The second-order valence-electron chi connectivity index (χ2n) is 5.82. The second-order valence-corrected chi connectivity index (χ2v) is 5.82. The lowest BCUT2D eigenvalue weighted by atomic mass is 10.1. The number of amides is 1. The number of hydrogen-bond acceptors (Lipinski definition) is 4. The molecule has 27 heavy (non-hydrogen) atoms. The summed E-state index contributed by atoms with van der Waals surface area (Å²) in [7, 11) is 1.50. The van der Waals surface area contributed by atoms with Crippen LogP contribution in [0.1, 0.15) is 35.3 Å². The molecular formula is C19H19F3N2O3. The van der Waals surface area contributed by atoms with E-state index < -0.39 is 17.6 Å². The molecule has 0 heterocycles. The molecular weight excluding hydrogens is 361 g/mol. The van der Waals surface area contributed by atoms with E-state index >= 15 is 0 Å². The van der Waals surface area contributed by atoms with E-state index in [0.717, 1.165) is 18.2 Å². The number of halogens is 3. The van der Waals surface area contributed by atoms with Crippen molar-refractivity contribution in [2.45, 2.75) is 26.1 Å². The molecule has 0 aliphatic heterocycles. The first-order valence-electron chi connectivity index (χ1n) is 8.06. The van der Waals surface area contributed by atoms with Crippen LogP contribution in [0.5, 0.6) is 11.5 Å². The molecule has 144 valence electrons. The van der Waals surface area contributed by atoms with Gasteiger partial charge in [0, 0.05) is 11.1 Å². The number of carbonyl (C=O) groups is 1. The van der Waals surface area contributed by atoms with E-state index in [9.17, 15) is 18.0 Å². The minimum atomic E-state index is -4.52. The number of hydrogen-bond donors (Lipinski definition) is 1. The molecule has 0 aliphatic carbocycles. The summed E-state index contributed by atoms with van der Waals surface area (Å²) < 4.78 is 49.2. The Labute approximate surface area is 154 Å². The van der Waals surface area contributed by atoms with Gasteiger partial charge in [0.25, 0.3) is 5.91 Å². The fourth-order valence-electron chi connectivity index (χ4n) is 2.22. The monoisotopic (exact) mass is 380 g/mol. The van der Waals surface area contributed by atoms with Gasteiger partial charge >= 0.3 is 6.18 Å². The number of hydrazone groups is 1. The molecule has 0 fully saturated rings. The van der Waals surface area contributed by atoms with Crippen LogP contribution in [-0.2, 0) is 6.18 Å². The van der Waals surface area contributed by atoms with Gasteiger partial charge in [-0.1, -0.05) is 12.1 Å². The zero-order valence-corrected chi connectivity index (χ0v) is 15.0. The maximum Gasteiger partial charge on any atom is 0.416 e. The van der Waals surface area contributed by atoms with Gasteiger partial charge < -0.3 is 9.47 Å². The van der Waals surface area contributed by atoms with E-state index in [0.29, 0.717) is 17.1 Å². The third-order valence-corrected chi connectivity index (χ3v) is 3.40. The van der Waals surface area contributed by atoms with Crippen LogP contribution >= 0.6 is 0 Å². The Morgan fingerprint density at radius 2 is 1.89 bits per heavy atom. The van der Waals surface area contributed by atoms with E-state index in [-0.39, 0.29) is 11.7 Å². The SMILES string of the molecule is COc1cccc(C=NNC(=O)c2cccc(C(F)(F)F)c2)c1OC(C)C. The van der Waals surface area contributed by atoms with E-state index in [2.05, 4.69) is 10.5 Å². The number of carbonyl (C=O) groups excluding carboxylic acids is 1. The summed E-state index contributed by atoms with van der Waals surface area (Å²) in [6, 6.07) is 9.25. The predicted molar refractivity (Wildman–Crippen MR) is 95.3 cm³/mol. The van der Waals surface area contributed by atoms with Crippen LogP contribution in [0.2, 0.25) is 0 Å². The van der Waals surface area contributed by atoms with Gasteiger partial charge in [0.2, 0.25) is 0 Å². The largest absolute Gasteiger partial charge is 0.493 e. The van der Waals surface area contributed by atoms with Crippen molar-refractivity contribution in [1.82, 2.24) is 5.43 Å². The molecule has 1 N–H and O–H groups in total. The van der Waals surface area contributed by atoms with Crippen molar-refractivity contribution in [2.24, 2.45) is 5.10 Å². The highest BCUT2D eigenvalue weighted by Gasteiger charge is 2.30. The van der Waals surface area contributed by atoms with Gasteiger partial charge in [-0.15, -0.1) is 0 Å². The molecule has 0 bridgehead atoms. The number of para-hydroxylation sites is 1. The average Bonchev–Trinajstić information content (AvgIpc) is 2.61. The van der Waals surface area contributed by atoms with Gasteiger partial charge in [-0.3, -0.25) is 4.79 Å². The van der Waals surface area contributed by atoms with E-state index in [1.54, 1.807) is 18.2 Å². The normalized spacial score (nSPS) is 11.7. The Morgan fingerprint density at radius 3 is 2.52 bits per heavy atom. The highest BCUT2D eigenvalue weighted by Crippen LogP contribution is 2.31. The van der Waals surface area contributed by atoms with Crippen molar-refractivity contribution in [3.05, 3.63) is 59.2 Å². The summed E-state index contributed by atoms with van der Waals surface area (Å²) in [5.74, 6) is 0.190. The number of alkyl halides is 3. The first-order chi connectivity index (χ1) is 12.7. The Hall–Kier alpha value is -3.03. The minimum Gasteiger partial charge on any atom is -0.493 e. The molecule has 0 atom stereocenters. The average molecular weight is 380 g/mol. The molecule has 2 rings (SSSR count). The van der Waals surface area contributed by atoms with Crippen molar-refractivity contribution < 1.29 is 27.4 Å². The number of methoxy groups -OCH3 is 1. The summed E-state index contributed by atoms with van der Waals surface area (Å²) in [5.41, 5.74) is 1.71. The van der Waals surface area contributed by atoms with Crippen molar-refractivity contribution >= 4 is 12.1 Å². The summed E-state index contributed by atoms with van der Waals surface area (Å²) in [5, 5.41) is 3.81. The Bertz CT molecular complexity index is 833. The molecule has 8 heteroatoms. The molecule has 0 saturated heterocycles. The molecule has 0 unspecified atom stereocenters. The highest BCUT2D eigenvalue weighted by molar-refractivity contribution is 5.95. The molecule has 0 aromatic heterocycles. The lowest BCUT2D eigenvalue weighted by molar-refractivity contribution is -0.137. The number of benzene rings is 2. The number of ether oxygens (including phenoxy) is 2. The molecule has 2 aromatic carbocycles. The Balaban J connectivity index is 2.17. The van der Waals surface area contributed by atoms with Crippen LogP contribution in [0.25, 0.3) is 0 Å². The topological polar surface area (TPSA) is 59.9 Å². The van der Waals surface area contributed by atoms with Crippen molar-refractivity contribution in [2.75, 3.05) is 7.11 Å². The van der Waals surface area contributed by atoms with E-state index in [4.69, 9.17) is 9.47 Å². The van der Waals surface area contributed by atoms with Crippen molar-refractivity contribution in [1.29, 1.82) is 0 Å². The second kappa shape index (κ2) is 8.57. The quantitative estimate of drug-likeness (QED) is 0.602. The molecule has 0 spiro atoms. The third-order valence-electron chi connectivity index (χ3n) is 3.40. The fourth-order valence-corrected chi connectivity index (χ4v) is 2.22. The highest BCUT2D eigenvalue weighted by atomic mass is 19.4. The maximum absolute atomic E-state index is 12.7. The van der Waals surface area contributed by atoms with Gasteiger partial charge in [0.05, 0.1) is 25.0 Å². The van der Waals surface area contributed by atoms with Crippen molar-refractivity contribution in [3.63, 3.8) is 0 Å². The van der Waals surface area contributed by atoms with Crippen LogP contribution in [0.3, 0.4) is 0 Å². The molecule has 1 amide bonds. The Morgan fingerprint density at radius 1 is 1.19 bits per heavy atom. The molecule has 2 aromatic rings. The fraction of sp³-hybridized carbons (Fsp3) is 0.263. The summed E-state index contributed by atoms with van der Waals surface area (Å²) in [6.45, 7) is 3.70. The number of nitrogens with one attached hydrogen (secondary N) is 1. The zero-order valence-electron chi connectivity index (χ0n) is 15.0. The van der Waals surface area contributed by atoms with Gasteiger partial charge in [0.1, 0.15) is 0 Å². The minimum absolute atomic E-state index is 0.117. The summed E-state index contributed by atoms with van der Waals surface area (Å²) in [4.78, 5) is 12.1. The number of nitrogens with zero attached hydrogens (tertiary/aromatic N) is 1. The van der Waals surface area contributed by atoms with Crippen LogP contribution in [0.4, 0.5) is 13.2 Å². The van der Waals surface area contributed by atoms with Crippen LogP contribution in [0.15, 0.2) is 47.6 Å². The number of rotatable bonds is 6. The van der Waals surface area contributed by atoms with Crippen LogP contribution in [-0.4, -0.2) is 25.3 Å². The van der Waals surface area contributed by atoms with Gasteiger partial charge in [-0.05, 0) is 44.2 Å². The summed E-state index contributed by atoms with van der Waals surface area (Å²) in [6.07, 6.45) is -3.30. The molecule has 0 aliphatic rings. The standard InChI is InChI=1S/C19H19F3N2O3/c1-12(2)27-17-14(7-5-9-16(17)26-3)11-23-24-18(25)13-6-4-8-15(10-13)19(20,21)22/h4-12H,1-3H3,(H,24,25). The van der Waals surface area contributed by atoms with Crippen LogP contribution in [0, 0.1) is 0 Å². The summed E-state index contributed by atoms with van der Waals surface area (Å²) >= 11 is 0. The van der Waals surface area contributed by atoms with E-state index in [1.165, 1.54) is 19.4 Å². The lowest BCUT2D eigenvalue weighted by Crippen LogP contribution is -2.18. The smallest absolute Gasteiger partial charge is 0.416 e. The lowest BCUT2D eigenvalue weighted by Gasteiger charge is -2.15. The molecule has 5 nitrogen and oxygen atoms in total. The molecule has 0 saturated carbocycles. The predicted octanol–water partition coefficient (Wildman–Crippen LogP) is 4.27.